The molecule has 2 atom stereocenters. The fourth-order valence-electron chi connectivity index (χ4n) is 3.52. The fraction of sp³-hybridized carbons (Fsp3) is 0.333. The molecule has 0 unspecified atom stereocenters. The normalized spacial score (nSPS) is 19.4. The van der Waals surface area contributed by atoms with E-state index in [1.165, 1.54) is 17.5 Å². The summed E-state index contributed by atoms with van der Waals surface area (Å²) in [5.41, 5.74) is -0.417. The van der Waals surface area contributed by atoms with Gasteiger partial charge in [0, 0.05) is 42.9 Å². The first-order chi connectivity index (χ1) is 12.9. The summed E-state index contributed by atoms with van der Waals surface area (Å²) < 4.78 is 1.59. The zero-order valence-electron chi connectivity index (χ0n) is 15.3. The Balaban J connectivity index is 0.00000225. The van der Waals surface area contributed by atoms with Gasteiger partial charge in [-0.2, -0.15) is 0 Å². The highest BCUT2D eigenvalue weighted by Gasteiger charge is 2.23. The van der Waals surface area contributed by atoms with Crippen LogP contribution < -0.4 is 15.6 Å². The highest BCUT2D eigenvalue weighted by molar-refractivity contribution is 7.12. The van der Waals surface area contributed by atoms with Crippen LogP contribution in [-0.2, 0) is 0 Å². The molecule has 10 heteroatoms. The second-order valence-corrected chi connectivity index (χ2v) is 7.65. The summed E-state index contributed by atoms with van der Waals surface area (Å²) >= 11 is 1.35. The summed E-state index contributed by atoms with van der Waals surface area (Å²) in [7, 11) is 0. The third kappa shape index (κ3) is 3.60. The second-order valence-electron chi connectivity index (χ2n) is 6.78. The number of fused-ring (bicyclic) bond motifs is 1. The molecule has 1 saturated heterocycles. The first-order valence-corrected chi connectivity index (χ1v) is 9.52. The third-order valence-corrected chi connectivity index (χ3v) is 5.34. The number of rotatable bonds is 3. The molecule has 0 bridgehead atoms. The molecule has 8 nitrogen and oxygen atoms in total. The second kappa shape index (κ2) is 7.86. The molecule has 4 heterocycles. The number of anilines is 1. The maximum absolute atomic E-state index is 12.6. The quantitative estimate of drug-likeness (QED) is 0.668. The summed E-state index contributed by atoms with van der Waals surface area (Å²) in [5.74, 6) is -0.503. The average Bonchev–Trinajstić information content (AvgIpc) is 3.15. The van der Waals surface area contributed by atoms with Gasteiger partial charge in [0.2, 0.25) is 5.43 Å². The van der Waals surface area contributed by atoms with Crippen molar-refractivity contribution in [3.8, 4) is 5.13 Å². The van der Waals surface area contributed by atoms with Crippen molar-refractivity contribution in [2.24, 2.45) is 0 Å². The number of hydrogen-bond acceptors (Lipinski definition) is 7. The Kier molecular flexibility index (Phi) is 5.69. The van der Waals surface area contributed by atoms with Crippen LogP contribution in [0.2, 0.25) is 0 Å². The number of aromatic carboxylic acids is 1. The molecule has 0 aliphatic carbocycles. The number of carbonyl (C=O) groups is 1. The molecular weight excluding hydrogens is 402 g/mol. The van der Waals surface area contributed by atoms with Gasteiger partial charge in [-0.25, -0.2) is 14.8 Å². The molecule has 0 radical (unpaired) electrons. The van der Waals surface area contributed by atoms with Crippen molar-refractivity contribution in [2.45, 2.75) is 25.9 Å². The number of thiazole rings is 1. The van der Waals surface area contributed by atoms with Gasteiger partial charge >= 0.3 is 5.97 Å². The van der Waals surface area contributed by atoms with Crippen LogP contribution in [0.4, 0.5) is 5.82 Å². The van der Waals surface area contributed by atoms with Gasteiger partial charge in [-0.05, 0) is 26.0 Å². The molecule has 0 aromatic carbocycles. The van der Waals surface area contributed by atoms with Crippen molar-refractivity contribution in [3.05, 3.63) is 45.7 Å². The van der Waals surface area contributed by atoms with Gasteiger partial charge in [-0.1, -0.05) is 0 Å². The highest BCUT2D eigenvalue weighted by Crippen LogP contribution is 2.22. The first kappa shape index (κ1) is 20.2. The van der Waals surface area contributed by atoms with Gasteiger partial charge < -0.3 is 15.3 Å². The molecule has 148 valence electrons. The molecule has 1 aliphatic heterocycles. The Morgan fingerprint density at radius 3 is 2.61 bits per heavy atom. The van der Waals surface area contributed by atoms with Gasteiger partial charge in [-0.3, -0.25) is 9.36 Å². The Morgan fingerprint density at radius 2 is 2.00 bits per heavy atom. The highest BCUT2D eigenvalue weighted by atomic mass is 35.5. The summed E-state index contributed by atoms with van der Waals surface area (Å²) in [6.07, 6.45) is 2.94. The lowest BCUT2D eigenvalue weighted by Gasteiger charge is -2.37. The Bertz CT molecular complexity index is 1060. The molecular formula is C18H20ClN5O3S. The molecule has 0 amide bonds. The largest absolute Gasteiger partial charge is 0.477 e. The Hall–Kier alpha value is -2.49. The van der Waals surface area contributed by atoms with Crippen LogP contribution in [-0.4, -0.2) is 50.8 Å². The molecule has 1 aliphatic rings. The molecule has 2 N–H and O–H groups in total. The smallest absolute Gasteiger partial charge is 0.341 e. The zero-order chi connectivity index (χ0) is 19.1. The van der Waals surface area contributed by atoms with Crippen LogP contribution in [0.15, 0.2) is 34.7 Å². The van der Waals surface area contributed by atoms with Crippen molar-refractivity contribution in [1.29, 1.82) is 0 Å². The molecule has 4 rings (SSSR count). The van der Waals surface area contributed by atoms with Crippen LogP contribution in [0.5, 0.6) is 0 Å². The van der Waals surface area contributed by atoms with Crippen molar-refractivity contribution >= 4 is 46.6 Å². The van der Waals surface area contributed by atoms with E-state index in [0.29, 0.717) is 22.9 Å². The number of nitrogens with zero attached hydrogens (tertiary/aromatic N) is 4. The van der Waals surface area contributed by atoms with E-state index in [1.54, 1.807) is 28.3 Å². The molecule has 3 aromatic heterocycles. The number of aromatic nitrogens is 3. The van der Waals surface area contributed by atoms with Crippen LogP contribution in [0.1, 0.15) is 24.2 Å². The summed E-state index contributed by atoms with van der Waals surface area (Å²) in [6.45, 7) is 5.85. The van der Waals surface area contributed by atoms with E-state index in [2.05, 4.69) is 29.0 Å². The van der Waals surface area contributed by atoms with Crippen LogP contribution in [0.25, 0.3) is 16.2 Å². The lowest BCUT2D eigenvalue weighted by Crippen LogP contribution is -2.54. The Morgan fingerprint density at radius 1 is 1.29 bits per heavy atom. The van der Waals surface area contributed by atoms with Crippen molar-refractivity contribution < 1.29 is 9.90 Å². The fourth-order valence-corrected chi connectivity index (χ4v) is 4.13. The number of carboxylic acids is 1. The van der Waals surface area contributed by atoms with E-state index in [4.69, 9.17) is 4.98 Å². The van der Waals surface area contributed by atoms with Crippen LogP contribution in [0, 0.1) is 0 Å². The topological polar surface area (TPSA) is 100 Å². The number of hydrogen-bond donors (Lipinski definition) is 2. The van der Waals surface area contributed by atoms with Crippen LogP contribution in [0.3, 0.4) is 0 Å². The van der Waals surface area contributed by atoms with Gasteiger partial charge in [-0.15, -0.1) is 23.7 Å². The van der Waals surface area contributed by atoms with E-state index >= 15 is 0 Å². The van der Waals surface area contributed by atoms with Crippen molar-refractivity contribution in [3.63, 3.8) is 0 Å². The monoisotopic (exact) mass is 421 g/mol. The van der Waals surface area contributed by atoms with E-state index in [-0.39, 0.29) is 23.4 Å². The maximum Gasteiger partial charge on any atom is 0.341 e. The third-order valence-electron chi connectivity index (χ3n) is 4.57. The predicted octanol–water partition coefficient (Wildman–Crippen LogP) is 2.15. The summed E-state index contributed by atoms with van der Waals surface area (Å²) in [5, 5.41) is 15.5. The summed E-state index contributed by atoms with van der Waals surface area (Å²) in [6, 6.07) is 4.09. The first-order valence-electron chi connectivity index (χ1n) is 8.64. The molecule has 1 fully saturated rings. The van der Waals surface area contributed by atoms with Crippen LogP contribution >= 0.6 is 23.7 Å². The van der Waals surface area contributed by atoms with Gasteiger partial charge in [0.25, 0.3) is 0 Å². The van der Waals surface area contributed by atoms with Gasteiger partial charge in [0.15, 0.2) is 10.8 Å². The lowest BCUT2D eigenvalue weighted by molar-refractivity contribution is 0.0695. The van der Waals surface area contributed by atoms with E-state index in [9.17, 15) is 14.7 Å². The molecule has 0 saturated carbocycles. The Labute approximate surface area is 171 Å². The SMILES string of the molecule is C[C@@H]1CN(c2ccc3c(=O)c(C(=O)O)cn(-c4nccs4)c3n2)C[C@H](C)N1.Cl. The van der Waals surface area contributed by atoms with Gasteiger partial charge in [0.05, 0.1) is 5.39 Å². The maximum atomic E-state index is 12.6. The minimum atomic E-state index is -1.26. The standard InChI is InChI=1S/C18H19N5O3S.ClH/c1-10-7-22(8-11(2)20-10)14-4-3-12-15(24)13(17(25)26)9-23(16(12)21-14)18-19-5-6-27-18;/h3-6,9-11,20H,7-8H2,1-2H3,(H,25,26);1H/t10-,11+;. The van der Waals surface area contributed by atoms with Crippen molar-refractivity contribution in [2.75, 3.05) is 18.0 Å². The average molecular weight is 422 g/mol. The van der Waals surface area contributed by atoms with Crippen molar-refractivity contribution in [1.82, 2.24) is 19.9 Å². The molecule has 28 heavy (non-hydrogen) atoms. The van der Waals surface area contributed by atoms with E-state index < -0.39 is 11.4 Å². The van der Waals surface area contributed by atoms with E-state index in [1.807, 2.05) is 0 Å². The minimum Gasteiger partial charge on any atom is -0.477 e. The summed E-state index contributed by atoms with van der Waals surface area (Å²) in [4.78, 5) is 35.3. The molecule has 3 aromatic rings. The number of nitrogens with one attached hydrogen (secondary N) is 1. The predicted molar refractivity (Wildman–Crippen MR) is 111 cm³/mol. The molecule has 0 spiro atoms. The number of carboxylic acid groups (broad SMARTS) is 1. The zero-order valence-corrected chi connectivity index (χ0v) is 17.0. The number of piperazine rings is 1. The lowest BCUT2D eigenvalue weighted by atomic mass is 10.1. The van der Waals surface area contributed by atoms with Gasteiger partial charge in [0.1, 0.15) is 11.4 Å². The minimum absolute atomic E-state index is 0. The number of halogens is 1. The number of pyridine rings is 2. The van der Waals surface area contributed by atoms with E-state index in [0.717, 1.165) is 18.9 Å².